The number of cyclic esters (lactones) is 1. The lowest BCUT2D eigenvalue weighted by atomic mass is 10.2. The normalized spacial score (nSPS) is 16.8. The molecule has 0 bridgehead atoms. The average Bonchev–Trinajstić information content (AvgIpc) is 2.94. The summed E-state index contributed by atoms with van der Waals surface area (Å²) < 4.78 is 31.3. The minimum atomic E-state index is -0.596. The van der Waals surface area contributed by atoms with Gasteiger partial charge >= 0.3 is 6.09 Å². The van der Waals surface area contributed by atoms with Gasteiger partial charge in [-0.25, -0.2) is 13.6 Å². The number of nitrogens with one attached hydrogen (secondary N) is 1. The van der Waals surface area contributed by atoms with Crippen LogP contribution in [0.2, 0.25) is 0 Å². The fraction of sp³-hybridized carbons (Fsp3) is 0.176. The van der Waals surface area contributed by atoms with Gasteiger partial charge in [-0.05, 0) is 42.5 Å². The molecule has 0 aliphatic carbocycles. The van der Waals surface area contributed by atoms with Gasteiger partial charge in [-0.1, -0.05) is 6.07 Å². The third-order valence-electron chi connectivity index (χ3n) is 3.59. The SMILES string of the molecule is O=C(NCC1CN(c2cccc(F)c2)C(=O)O1)c1ccc(F)cc1. The minimum Gasteiger partial charge on any atom is -0.442 e. The summed E-state index contributed by atoms with van der Waals surface area (Å²) in [6.45, 7) is 0.305. The van der Waals surface area contributed by atoms with E-state index in [1.807, 2.05) is 0 Å². The zero-order chi connectivity index (χ0) is 17.1. The Bertz CT molecular complexity index is 765. The number of nitrogens with zero attached hydrogens (tertiary/aromatic N) is 1. The summed E-state index contributed by atoms with van der Waals surface area (Å²) in [5.74, 6) is -1.27. The van der Waals surface area contributed by atoms with Crippen molar-refractivity contribution < 1.29 is 23.1 Å². The van der Waals surface area contributed by atoms with Crippen molar-refractivity contribution in [2.75, 3.05) is 18.0 Å². The third kappa shape index (κ3) is 3.51. The summed E-state index contributed by atoms with van der Waals surface area (Å²) in [6, 6.07) is 10.7. The van der Waals surface area contributed by atoms with E-state index in [0.29, 0.717) is 11.3 Å². The van der Waals surface area contributed by atoms with Gasteiger partial charge in [-0.15, -0.1) is 0 Å². The molecule has 0 saturated carbocycles. The van der Waals surface area contributed by atoms with Crippen molar-refractivity contribution in [3.63, 3.8) is 0 Å². The molecule has 1 N–H and O–H groups in total. The topological polar surface area (TPSA) is 58.6 Å². The molecule has 1 heterocycles. The van der Waals surface area contributed by atoms with E-state index in [0.717, 1.165) is 0 Å². The van der Waals surface area contributed by atoms with Crippen LogP contribution in [-0.4, -0.2) is 31.2 Å². The van der Waals surface area contributed by atoms with Crippen molar-refractivity contribution >= 4 is 17.7 Å². The Morgan fingerprint density at radius 3 is 2.62 bits per heavy atom. The molecule has 1 aliphatic heterocycles. The van der Waals surface area contributed by atoms with Gasteiger partial charge < -0.3 is 10.1 Å². The van der Waals surface area contributed by atoms with Crippen molar-refractivity contribution in [3.05, 3.63) is 65.7 Å². The molecule has 1 atom stereocenters. The molecule has 2 amide bonds. The number of rotatable bonds is 4. The zero-order valence-electron chi connectivity index (χ0n) is 12.5. The monoisotopic (exact) mass is 332 g/mol. The Balaban J connectivity index is 1.58. The van der Waals surface area contributed by atoms with E-state index in [-0.39, 0.29) is 13.1 Å². The maximum Gasteiger partial charge on any atom is 0.414 e. The molecule has 2 aromatic rings. The average molecular weight is 332 g/mol. The molecular weight excluding hydrogens is 318 g/mol. The molecule has 1 saturated heterocycles. The lowest BCUT2D eigenvalue weighted by Crippen LogP contribution is -2.34. The molecule has 5 nitrogen and oxygen atoms in total. The van der Waals surface area contributed by atoms with Crippen molar-refractivity contribution in [1.82, 2.24) is 5.32 Å². The number of hydrogen-bond acceptors (Lipinski definition) is 3. The highest BCUT2D eigenvalue weighted by atomic mass is 19.1. The first-order valence-corrected chi connectivity index (χ1v) is 7.30. The number of carbonyl (C=O) groups is 2. The molecule has 1 unspecified atom stereocenters. The Morgan fingerprint density at radius 2 is 1.92 bits per heavy atom. The van der Waals surface area contributed by atoms with E-state index >= 15 is 0 Å². The van der Waals surface area contributed by atoms with E-state index < -0.39 is 29.7 Å². The van der Waals surface area contributed by atoms with Gasteiger partial charge in [0.2, 0.25) is 0 Å². The predicted molar refractivity (Wildman–Crippen MR) is 82.7 cm³/mol. The highest BCUT2D eigenvalue weighted by Gasteiger charge is 2.32. The molecule has 124 valence electrons. The predicted octanol–water partition coefficient (Wildman–Crippen LogP) is 2.72. The second kappa shape index (κ2) is 6.66. The molecule has 3 rings (SSSR count). The lowest BCUT2D eigenvalue weighted by molar-refractivity contribution is 0.0916. The molecule has 0 radical (unpaired) electrons. The molecule has 2 aromatic carbocycles. The standard InChI is InChI=1S/C17H14F2N2O3/c18-12-6-4-11(5-7-12)16(22)20-9-15-10-21(17(23)24-15)14-3-1-2-13(19)8-14/h1-8,15H,9-10H2,(H,20,22). The van der Waals surface area contributed by atoms with Crippen LogP contribution < -0.4 is 10.2 Å². The van der Waals surface area contributed by atoms with Gasteiger partial charge in [0, 0.05) is 5.56 Å². The van der Waals surface area contributed by atoms with Gasteiger partial charge in [0.25, 0.3) is 5.91 Å². The number of anilines is 1. The van der Waals surface area contributed by atoms with Crippen LogP contribution in [-0.2, 0) is 4.74 Å². The van der Waals surface area contributed by atoms with Crippen LogP contribution in [0.1, 0.15) is 10.4 Å². The number of hydrogen-bond donors (Lipinski definition) is 1. The Morgan fingerprint density at radius 1 is 1.17 bits per heavy atom. The van der Waals surface area contributed by atoms with Crippen LogP contribution in [0.15, 0.2) is 48.5 Å². The minimum absolute atomic E-state index is 0.105. The van der Waals surface area contributed by atoms with Crippen molar-refractivity contribution in [1.29, 1.82) is 0 Å². The molecular formula is C17H14F2N2O3. The smallest absolute Gasteiger partial charge is 0.414 e. The summed E-state index contributed by atoms with van der Waals surface area (Å²) in [7, 11) is 0. The highest BCUT2D eigenvalue weighted by molar-refractivity contribution is 5.94. The number of amides is 2. The summed E-state index contributed by atoms with van der Waals surface area (Å²) in [6.07, 6.45) is -1.15. The molecule has 24 heavy (non-hydrogen) atoms. The highest BCUT2D eigenvalue weighted by Crippen LogP contribution is 2.22. The fourth-order valence-corrected chi connectivity index (χ4v) is 2.39. The number of carbonyl (C=O) groups excluding carboxylic acids is 2. The quantitative estimate of drug-likeness (QED) is 0.936. The van der Waals surface area contributed by atoms with E-state index in [1.54, 1.807) is 6.07 Å². The van der Waals surface area contributed by atoms with E-state index in [2.05, 4.69) is 5.32 Å². The Kier molecular flexibility index (Phi) is 4.41. The summed E-state index contributed by atoms with van der Waals surface area (Å²) in [4.78, 5) is 25.1. The van der Waals surface area contributed by atoms with Crippen LogP contribution in [0.3, 0.4) is 0 Å². The zero-order valence-corrected chi connectivity index (χ0v) is 12.5. The first-order chi connectivity index (χ1) is 11.5. The lowest BCUT2D eigenvalue weighted by Gasteiger charge is -2.13. The van der Waals surface area contributed by atoms with Crippen molar-refractivity contribution in [3.8, 4) is 0 Å². The summed E-state index contributed by atoms with van der Waals surface area (Å²) in [5, 5.41) is 2.62. The Hall–Kier alpha value is -2.96. The van der Waals surface area contributed by atoms with Crippen molar-refractivity contribution in [2.24, 2.45) is 0 Å². The Labute approximate surface area is 136 Å². The van der Waals surface area contributed by atoms with E-state index in [9.17, 15) is 18.4 Å². The first-order valence-electron chi connectivity index (χ1n) is 7.30. The van der Waals surface area contributed by atoms with Gasteiger partial charge in [-0.3, -0.25) is 9.69 Å². The largest absolute Gasteiger partial charge is 0.442 e. The maximum atomic E-state index is 13.3. The summed E-state index contributed by atoms with van der Waals surface area (Å²) in [5.41, 5.74) is 0.704. The van der Waals surface area contributed by atoms with Crippen LogP contribution in [0.4, 0.5) is 19.3 Å². The third-order valence-corrected chi connectivity index (χ3v) is 3.59. The fourth-order valence-electron chi connectivity index (χ4n) is 2.39. The second-order valence-electron chi connectivity index (χ2n) is 5.31. The van der Waals surface area contributed by atoms with Gasteiger partial charge in [0.1, 0.15) is 17.7 Å². The van der Waals surface area contributed by atoms with Crippen LogP contribution in [0, 0.1) is 11.6 Å². The maximum absolute atomic E-state index is 13.3. The van der Waals surface area contributed by atoms with Gasteiger partial charge in [0.15, 0.2) is 0 Å². The van der Waals surface area contributed by atoms with Gasteiger partial charge in [-0.2, -0.15) is 0 Å². The summed E-state index contributed by atoms with van der Waals surface area (Å²) >= 11 is 0. The van der Waals surface area contributed by atoms with Gasteiger partial charge in [0.05, 0.1) is 18.8 Å². The number of ether oxygens (including phenoxy) is 1. The molecule has 1 aliphatic rings. The molecule has 0 spiro atoms. The van der Waals surface area contributed by atoms with Crippen LogP contribution in [0.5, 0.6) is 0 Å². The number of halogens is 2. The van der Waals surface area contributed by atoms with Crippen LogP contribution >= 0.6 is 0 Å². The van der Waals surface area contributed by atoms with Crippen molar-refractivity contribution in [2.45, 2.75) is 6.10 Å². The first kappa shape index (κ1) is 15.9. The second-order valence-corrected chi connectivity index (χ2v) is 5.31. The van der Waals surface area contributed by atoms with E-state index in [1.165, 1.54) is 47.4 Å². The molecule has 1 fully saturated rings. The molecule has 0 aromatic heterocycles. The number of benzene rings is 2. The molecule has 7 heteroatoms. The van der Waals surface area contributed by atoms with Crippen LogP contribution in [0.25, 0.3) is 0 Å². The van der Waals surface area contributed by atoms with E-state index in [4.69, 9.17) is 4.74 Å².